The molecule has 0 spiro atoms. The van der Waals surface area contributed by atoms with Crippen molar-refractivity contribution in [1.82, 2.24) is 10.2 Å². The standard InChI is InChI=1S/C21H27N3O3S/c1-22-21(23-14-17-28(25,26)20-10-6-3-7-11-20)24-15-12-19(13-16-24)27-18-8-4-2-5-9-18/h2-11,19H,12-17H2,1H3,(H,22,23). The summed E-state index contributed by atoms with van der Waals surface area (Å²) in [5.41, 5.74) is 0. The van der Waals surface area contributed by atoms with Crippen molar-refractivity contribution in [2.24, 2.45) is 4.99 Å². The van der Waals surface area contributed by atoms with Crippen LogP contribution in [0.3, 0.4) is 0 Å². The van der Waals surface area contributed by atoms with Gasteiger partial charge in [-0.2, -0.15) is 0 Å². The number of hydrogen-bond donors (Lipinski definition) is 1. The number of hydrogen-bond acceptors (Lipinski definition) is 4. The maximum Gasteiger partial charge on any atom is 0.193 e. The van der Waals surface area contributed by atoms with Crippen molar-refractivity contribution >= 4 is 15.8 Å². The van der Waals surface area contributed by atoms with E-state index in [1.807, 2.05) is 36.4 Å². The molecule has 1 fully saturated rings. The van der Waals surface area contributed by atoms with Gasteiger partial charge >= 0.3 is 0 Å². The lowest BCUT2D eigenvalue weighted by molar-refractivity contribution is 0.129. The van der Waals surface area contributed by atoms with E-state index in [0.29, 0.717) is 11.4 Å². The summed E-state index contributed by atoms with van der Waals surface area (Å²) in [6.45, 7) is 1.97. The molecule has 1 N–H and O–H groups in total. The van der Waals surface area contributed by atoms with Crippen LogP contribution in [-0.2, 0) is 9.84 Å². The molecule has 2 aromatic carbocycles. The van der Waals surface area contributed by atoms with Gasteiger partial charge in [0.1, 0.15) is 11.9 Å². The van der Waals surface area contributed by atoms with Crippen molar-refractivity contribution in [3.8, 4) is 5.75 Å². The van der Waals surface area contributed by atoms with Crippen LogP contribution in [-0.4, -0.2) is 57.8 Å². The topological polar surface area (TPSA) is 71.0 Å². The maximum absolute atomic E-state index is 12.4. The van der Waals surface area contributed by atoms with E-state index in [4.69, 9.17) is 4.74 Å². The molecule has 0 radical (unpaired) electrons. The van der Waals surface area contributed by atoms with Crippen molar-refractivity contribution in [2.45, 2.75) is 23.8 Å². The van der Waals surface area contributed by atoms with Crippen LogP contribution in [0.4, 0.5) is 0 Å². The van der Waals surface area contributed by atoms with E-state index in [-0.39, 0.29) is 11.9 Å². The van der Waals surface area contributed by atoms with Crippen LogP contribution in [0.1, 0.15) is 12.8 Å². The second-order valence-corrected chi connectivity index (χ2v) is 8.83. The van der Waals surface area contributed by atoms with Gasteiger partial charge in [0, 0.05) is 39.5 Å². The third kappa shape index (κ3) is 5.48. The SMILES string of the molecule is CN=C(NCCS(=O)(=O)c1ccccc1)N1CCC(Oc2ccccc2)CC1. The molecule has 0 atom stereocenters. The summed E-state index contributed by atoms with van der Waals surface area (Å²) >= 11 is 0. The fourth-order valence-electron chi connectivity index (χ4n) is 3.25. The number of likely N-dealkylation sites (tertiary alicyclic amines) is 1. The molecule has 7 heteroatoms. The molecule has 1 saturated heterocycles. The molecule has 0 unspecified atom stereocenters. The van der Waals surface area contributed by atoms with E-state index >= 15 is 0 Å². The number of nitrogens with zero attached hydrogens (tertiary/aromatic N) is 2. The lowest BCUT2D eigenvalue weighted by atomic mass is 10.1. The van der Waals surface area contributed by atoms with Gasteiger partial charge in [0.25, 0.3) is 0 Å². The minimum absolute atomic E-state index is 0.0314. The van der Waals surface area contributed by atoms with Gasteiger partial charge in [-0.15, -0.1) is 0 Å². The van der Waals surface area contributed by atoms with Gasteiger partial charge in [-0.05, 0) is 24.3 Å². The predicted octanol–water partition coefficient (Wildman–Crippen LogP) is 2.58. The van der Waals surface area contributed by atoms with Crippen molar-refractivity contribution < 1.29 is 13.2 Å². The van der Waals surface area contributed by atoms with Crippen LogP contribution in [0.15, 0.2) is 70.6 Å². The molecule has 0 bridgehead atoms. The zero-order chi connectivity index (χ0) is 19.8. The summed E-state index contributed by atoms with van der Waals surface area (Å²) in [7, 11) is -1.57. The summed E-state index contributed by atoms with van der Waals surface area (Å²) < 4.78 is 30.8. The van der Waals surface area contributed by atoms with E-state index in [0.717, 1.165) is 37.6 Å². The van der Waals surface area contributed by atoms with Gasteiger partial charge in [-0.3, -0.25) is 4.99 Å². The molecular formula is C21H27N3O3S. The molecule has 0 aromatic heterocycles. The molecule has 1 aliphatic rings. The van der Waals surface area contributed by atoms with Crippen molar-refractivity contribution in [3.63, 3.8) is 0 Å². The summed E-state index contributed by atoms with van der Waals surface area (Å²) in [4.78, 5) is 6.81. The Balaban J connectivity index is 1.46. The van der Waals surface area contributed by atoms with Crippen molar-refractivity contribution in [2.75, 3.05) is 32.4 Å². The van der Waals surface area contributed by atoms with Crippen molar-refractivity contribution in [3.05, 3.63) is 60.7 Å². The predicted molar refractivity (Wildman–Crippen MR) is 112 cm³/mol. The third-order valence-electron chi connectivity index (χ3n) is 4.76. The highest BCUT2D eigenvalue weighted by Gasteiger charge is 2.23. The van der Waals surface area contributed by atoms with E-state index < -0.39 is 9.84 Å². The zero-order valence-electron chi connectivity index (χ0n) is 16.1. The molecule has 0 aliphatic carbocycles. The number of benzene rings is 2. The summed E-state index contributed by atoms with van der Waals surface area (Å²) in [6.07, 6.45) is 1.99. The molecule has 1 aliphatic heterocycles. The first kappa shape index (κ1) is 20.2. The van der Waals surface area contributed by atoms with E-state index in [9.17, 15) is 8.42 Å². The first-order chi connectivity index (χ1) is 13.6. The molecule has 3 rings (SSSR count). The maximum atomic E-state index is 12.4. The van der Waals surface area contributed by atoms with Gasteiger partial charge in [0.15, 0.2) is 15.8 Å². The van der Waals surface area contributed by atoms with Gasteiger partial charge in [0.05, 0.1) is 10.6 Å². The number of ether oxygens (including phenoxy) is 1. The van der Waals surface area contributed by atoms with E-state index in [1.165, 1.54) is 0 Å². The molecule has 6 nitrogen and oxygen atoms in total. The second-order valence-electron chi connectivity index (χ2n) is 6.72. The Hall–Kier alpha value is -2.54. The highest BCUT2D eigenvalue weighted by Crippen LogP contribution is 2.18. The molecule has 2 aromatic rings. The summed E-state index contributed by atoms with van der Waals surface area (Å²) in [6, 6.07) is 18.4. The first-order valence-corrected chi connectivity index (χ1v) is 11.2. The highest BCUT2D eigenvalue weighted by molar-refractivity contribution is 7.91. The average Bonchev–Trinajstić information content (AvgIpc) is 2.73. The van der Waals surface area contributed by atoms with Crippen LogP contribution in [0.2, 0.25) is 0 Å². The van der Waals surface area contributed by atoms with Crippen LogP contribution < -0.4 is 10.1 Å². The highest BCUT2D eigenvalue weighted by atomic mass is 32.2. The number of para-hydroxylation sites is 1. The molecule has 0 amide bonds. The molecule has 0 saturated carbocycles. The number of guanidine groups is 1. The van der Waals surface area contributed by atoms with Gasteiger partial charge in [-0.1, -0.05) is 36.4 Å². The first-order valence-electron chi connectivity index (χ1n) is 9.53. The number of rotatable bonds is 6. The fraction of sp³-hybridized carbons (Fsp3) is 0.381. The normalized spacial score (nSPS) is 16.0. The quantitative estimate of drug-likeness (QED) is 0.595. The summed E-state index contributed by atoms with van der Waals surface area (Å²) in [5.74, 6) is 1.67. The Morgan fingerprint density at radius 2 is 1.68 bits per heavy atom. The van der Waals surface area contributed by atoms with Gasteiger partial charge < -0.3 is 15.0 Å². The van der Waals surface area contributed by atoms with Gasteiger partial charge in [0.2, 0.25) is 0 Å². The van der Waals surface area contributed by atoms with Crippen molar-refractivity contribution in [1.29, 1.82) is 0 Å². The van der Waals surface area contributed by atoms with Crippen LogP contribution in [0.25, 0.3) is 0 Å². The Labute approximate surface area is 167 Å². The minimum atomic E-state index is -3.29. The monoisotopic (exact) mass is 401 g/mol. The Morgan fingerprint density at radius 1 is 1.07 bits per heavy atom. The number of nitrogens with one attached hydrogen (secondary N) is 1. The lowest BCUT2D eigenvalue weighted by Crippen LogP contribution is -2.48. The molecule has 28 heavy (non-hydrogen) atoms. The van der Waals surface area contributed by atoms with Crippen LogP contribution in [0.5, 0.6) is 5.75 Å². The molecule has 150 valence electrons. The van der Waals surface area contributed by atoms with Crippen LogP contribution >= 0.6 is 0 Å². The zero-order valence-corrected chi connectivity index (χ0v) is 16.9. The number of sulfone groups is 1. The van der Waals surface area contributed by atoms with E-state index in [2.05, 4.69) is 15.2 Å². The molecule has 1 heterocycles. The Kier molecular flexibility index (Phi) is 6.92. The lowest BCUT2D eigenvalue weighted by Gasteiger charge is -2.34. The average molecular weight is 402 g/mol. The largest absolute Gasteiger partial charge is 0.490 e. The van der Waals surface area contributed by atoms with E-state index in [1.54, 1.807) is 31.3 Å². The van der Waals surface area contributed by atoms with Gasteiger partial charge in [-0.25, -0.2) is 8.42 Å². The summed E-state index contributed by atoms with van der Waals surface area (Å²) in [5, 5.41) is 3.19. The Morgan fingerprint density at radius 3 is 2.29 bits per heavy atom. The smallest absolute Gasteiger partial charge is 0.193 e. The number of aliphatic imine (C=N–C) groups is 1. The Bertz CT molecular complexity index is 862. The molecular weight excluding hydrogens is 374 g/mol. The third-order valence-corrected chi connectivity index (χ3v) is 6.49. The second kappa shape index (κ2) is 9.59. The number of piperidine rings is 1. The fourth-order valence-corrected chi connectivity index (χ4v) is 4.43. The minimum Gasteiger partial charge on any atom is -0.490 e. The van der Waals surface area contributed by atoms with Crippen LogP contribution in [0, 0.1) is 0 Å².